The third-order valence-corrected chi connectivity index (χ3v) is 4.97. The first-order valence-corrected chi connectivity index (χ1v) is 8.78. The molecule has 3 aromatic rings. The number of nitrogens with one attached hydrogen (secondary N) is 2. The number of aromatic amines is 1. The SMILES string of the molecule is Cc1ccnc(Nc2nc(-c3cn[nH]c3[N+]3(C(=O)O)CC=CC3)cs2)n1. The minimum absolute atomic E-state index is 0.239. The van der Waals surface area contributed by atoms with Gasteiger partial charge in [0.05, 0.1) is 11.9 Å². The molecule has 0 unspecified atom stereocenters. The van der Waals surface area contributed by atoms with Gasteiger partial charge in [0.2, 0.25) is 11.8 Å². The number of hydrogen-bond donors (Lipinski definition) is 3. The van der Waals surface area contributed by atoms with Gasteiger partial charge in [-0.15, -0.1) is 11.3 Å². The fraction of sp³-hybridized carbons (Fsp3) is 0.188. The highest BCUT2D eigenvalue weighted by Crippen LogP contribution is 2.36. The maximum atomic E-state index is 11.9. The summed E-state index contributed by atoms with van der Waals surface area (Å²) in [5, 5.41) is 22.2. The summed E-state index contributed by atoms with van der Waals surface area (Å²) in [5.74, 6) is 0.988. The number of quaternary nitrogens is 1. The standard InChI is InChI=1S/C16H15N7O2S/c1-10-4-5-17-14(19-10)21-15-20-12(9-26-15)11-8-18-22-13(11)23(16(24)25)6-2-3-7-23/h2-5,8-9H,6-7H2,1H3,(H2-,17,18,19,20,21,22,24,25)/p+1. The van der Waals surface area contributed by atoms with Crippen LogP contribution in [0.3, 0.4) is 0 Å². The van der Waals surface area contributed by atoms with Crippen molar-refractivity contribution in [2.45, 2.75) is 6.92 Å². The molecule has 4 rings (SSSR count). The van der Waals surface area contributed by atoms with Crippen LogP contribution in [0, 0.1) is 6.92 Å². The molecule has 0 saturated carbocycles. The lowest BCUT2D eigenvalue weighted by molar-refractivity contribution is 0.157. The molecule has 10 heteroatoms. The van der Waals surface area contributed by atoms with Crippen LogP contribution >= 0.6 is 11.3 Å². The summed E-state index contributed by atoms with van der Waals surface area (Å²) in [6, 6.07) is 1.81. The van der Waals surface area contributed by atoms with Gasteiger partial charge in [-0.25, -0.2) is 20.1 Å². The first kappa shape index (κ1) is 16.4. The molecular formula is C16H16N7O2S+. The Hall–Kier alpha value is -3.11. The van der Waals surface area contributed by atoms with Gasteiger partial charge in [-0.2, -0.15) is 14.4 Å². The Morgan fingerprint density at radius 2 is 2.15 bits per heavy atom. The normalized spacial score (nSPS) is 15.3. The first-order valence-electron chi connectivity index (χ1n) is 7.90. The molecule has 0 spiro atoms. The Morgan fingerprint density at radius 1 is 1.35 bits per heavy atom. The average Bonchev–Trinajstić information content (AvgIpc) is 3.35. The molecule has 1 aliphatic heterocycles. The third kappa shape index (κ3) is 2.74. The smallest absolute Gasteiger partial charge is 0.435 e. The van der Waals surface area contributed by atoms with E-state index in [1.54, 1.807) is 12.4 Å². The number of anilines is 2. The van der Waals surface area contributed by atoms with Crippen LogP contribution in [-0.4, -0.2) is 49.4 Å². The molecule has 4 heterocycles. The van der Waals surface area contributed by atoms with Crippen molar-refractivity contribution >= 4 is 34.3 Å². The van der Waals surface area contributed by atoms with Gasteiger partial charge >= 0.3 is 6.09 Å². The van der Waals surface area contributed by atoms with Crippen LogP contribution < -0.4 is 9.80 Å². The van der Waals surface area contributed by atoms with E-state index in [0.29, 0.717) is 41.2 Å². The number of amides is 1. The molecule has 0 bridgehead atoms. The number of rotatable bonds is 4. The van der Waals surface area contributed by atoms with Crippen LogP contribution in [-0.2, 0) is 0 Å². The largest absolute Gasteiger partial charge is 0.520 e. The molecule has 0 saturated heterocycles. The van der Waals surface area contributed by atoms with Gasteiger partial charge in [0, 0.05) is 17.3 Å². The number of carboxylic acid groups (broad SMARTS) is 1. The Morgan fingerprint density at radius 3 is 2.88 bits per heavy atom. The second kappa shape index (κ2) is 6.32. The van der Waals surface area contributed by atoms with Crippen molar-refractivity contribution < 1.29 is 9.90 Å². The molecule has 3 N–H and O–H groups in total. The average molecular weight is 370 g/mol. The summed E-state index contributed by atoms with van der Waals surface area (Å²) in [5.41, 5.74) is 2.18. The van der Waals surface area contributed by atoms with Gasteiger partial charge in [-0.3, -0.25) is 0 Å². The number of carbonyl (C=O) groups is 1. The zero-order valence-electron chi connectivity index (χ0n) is 13.9. The van der Waals surface area contributed by atoms with Crippen LogP contribution in [0.1, 0.15) is 5.69 Å². The summed E-state index contributed by atoms with van der Waals surface area (Å²) in [7, 11) is 0. The fourth-order valence-electron chi connectivity index (χ4n) is 2.87. The highest BCUT2D eigenvalue weighted by atomic mass is 32.1. The van der Waals surface area contributed by atoms with Crippen LogP contribution in [0.25, 0.3) is 11.3 Å². The van der Waals surface area contributed by atoms with Crippen molar-refractivity contribution in [3.63, 3.8) is 0 Å². The lowest BCUT2D eigenvalue weighted by Crippen LogP contribution is -2.52. The van der Waals surface area contributed by atoms with Crippen LogP contribution in [0.5, 0.6) is 0 Å². The quantitative estimate of drug-likeness (QED) is 0.477. The number of aromatic nitrogens is 5. The Labute approximate surface area is 152 Å². The molecule has 0 radical (unpaired) electrons. The van der Waals surface area contributed by atoms with E-state index in [0.717, 1.165) is 5.69 Å². The monoisotopic (exact) mass is 370 g/mol. The molecule has 1 aliphatic rings. The van der Waals surface area contributed by atoms with Crippen molar-refractivity contribution in [1.29, 1.82) is 0 Å². The van der Waals surface area contributed by atoms with Crippen molar-refractivity contribution in [3.05, 3.63) is 41.7 Å². The number of nitrogens with zero attached hydrogens (tertiary/aromatic N) is 5. The number of thiazole rings is 1. The Balaban J connectivity index is 1.65. The molecule has 3 aromatic heterocycles. The molecule has 1 amide bonds. The van der Waals surface area contributed by atoms with Crippen molar-refractivity contribution in [2.24, 2.45) is 0 Å². The highest BCUT2D eigenvalue weighted by molar-refractivity contribution is 7.14. The van der Waals surface area contributed by atoms with E-state index in [4.69, 9.17) is 0 Å². The summed E-state index contributed by atoms with van der Waals surface area (Å²) in [4.78, 5) is 24.9. The van der Waals surface area contributed by atoms with E-state index < -0.39 is 6.09 Å². The fourth-order valence-corrected chi connectivity index (χ4v) is 3.57. The number of H-pyrrole nitrogens is 1. The predicted octanol–water partition coefficient (Wildman–Crippen LogP) is 2.93. The third-order valence-electron chi connectivity index (χ3n) is 4.21. The molecule has 0 atom stereocenters. The van der Waals surface area contributed by atoms with Gasteiger partial charge in [-0.1, -0.05) is 0 Å². The number of hydrogen-bond acceptors (Lipinski definition) is 7. The van der Waals surface area contributed by atoms with Gasteiger partial charge in [0.25, 0.3) is 0 Å². The molecule has 26 heavy (non-hydrogen) atoms. The van der Waals surface area contributed by atoms with Gasteiger partial charge in [0.1, 0.15) is 18.7 Å². The molecule has 9 nitrogen and oxygen atoms in total. The minimum atomic E-state index is -0.928. The van der Waals surface area contributed by atoms with Gasteiger partial charge in [-0.05, 0) is 25.1 Å². The topological polar surface area (TPSA) is 117 Å². The first-order chi connectivity index (χ1) is 12.6. The van der Waals surface area contributed by atoms with E-state index >= 15 is 0 Å². The molecule has 0 aromatic carbocycles. The Bertz CT molecular complexity index is 986. The highest BCUT2D eigenvalue weighted by Gasteiger charge is 2.44. The van der Waals surface area contributed by atoms with Gasteiger partial charge < -0.3 is 10.4 Å². The van der Waals surface area contributed by atoms with Crippen LogP contribution in [0.2, 0.25) is 0 Å². The van der Waals surface area contributed by atoms with Crippen molar-refractivity contribution in [1.82, 2.24) is 29.6 Å². The van der Waals surface area contributed by atoms with E-state index in [1.807, 2.05) is 30.5 Å². The van der Waals surface area contributed by atoms with Crippen molar-refractivity contribution in [3.8, 4) is 11.3 Å². The molecule has 132 valence electrons. The van der Waals surface area contributed by atoms with Crippen molar-refractivity contribution in [2.75, 3.05) is 18.4 Å². The van der Waals surface area contributed by atoms with Gasteiger partial charge in [0.15, 0.2) is 5.13 Å². The van der Waals surface area contributed by atoms with Crippen LogP contribution in [0.15, 0.2) is 36.0 Å². The maximum absolute atomic E-state index is 11.9. The molecular weight excluding hydrogens is 354 g/mol. The van der Waals surface area contributed by atoms with Crippen LogP contribution in [0.4, 0.5) is 21.7 Å². The lowest BCUT2D eigenvalue weighted by atomic mass is 10.2. The van der Waals surface area contributed by atoms with E-state index in [1.165, 1.54) is 11.3 Å². The maximum Gasteiger partial charge on any atom is 0.520 e. The molecule has 0 fully saturated rings. The second-order valence-corrected chi connectivity index (χ2v) is 6.76. The van der Waals surface area contributed by atoms with E-state index in [9.17, 15) is 9.90 Å². The lowest BCUT2D eigenvalue weighted by Gasteiger charge is -2.25. The zero-order valence-corrected chi connectivity index (χ0v) is 14.7. The predicted molar refractivity (Wildman–Crippen MR) is 98.4 cm³/mol. The summed E-state index contributed by atoms with van der Waals surface area (Å²) in [6.45, 7) is 2.63. The number of aryl methyl sites for hydroxylation is 1. The molecule has 0 aliphatic carbocycles. The zero-order chi connectivity index (χ0) is 18.1. The summed E-state index contributed by atoms with van der Waals surface area (Å²) >= 11 is 1.39. The second-order valence-electron chi connectivity index (χ2n) is 5.90. The minimum Gasteiger partial charge on any atom is -0.435 e. The van der Waals surface area contributed by atoms with E-state index in [-0.39, 0.29) is 4.48 Å². The summed E-state index contributed by atoms with van der Waals surface area (Å²) in [6.07, 6.45) is 6.08. The van der Waals surface area contributed by atoms with E-state index in [2.05, 4.69) is 30.5 Å². The summed E-state index contributed by atoms with van der Waals surface area (Å²) < 4.78 is -0.239. The Kier molecular flexibility index (Phi) is 3.98.